The van der Waals surface area contributed by atoms with Gasteiger partial charge in [-0.25, -0.2) is 0 Å². The summed E-state index contributed by atoms with van der Waals surface area (Å²) < 4.78 is 22.7. The third-order valence-corrected chi connectivity index (χ3v) is 7.39. The van der Waals surface area contributed by atoms with E-state index in [1.807, 2.05) is 17.0 Å². The summed E-state index contributed by atoms with van der Waals surface area (Å²) in [6.07, 6.45) is 4.24. The highest BCUT2D eigenvalue weighted by molar-refractivity contribution is 5.93. The third-order valence-electron chi connectivity index (χ3n) is 7.39. The molecule has 2 aliphatic heterocycles. The first kappa shape index (κ1) is 23.8. The van der Waals surface area contributed by atoms with Crippen LogP contribution in [-0.4, -0.2) is 55.8 Å². The first-order valence-electron chi connectivity index (χ1n) is 13.0. The van der Waals surface area contributed by atoms with E-state index in [0.29, 0.717) is 49.4 Å². The quantitative estimate of drug-likeness (QED) is 0.398. The van der Waals surface area contributed by atoms with Gasteiger partial charge in [0, 0.05) is 37.2 Å². The lowest BCUT2D eigenvalue weighted by atomic mass is 9.91. The topological polar surface area (TPSA) is 70.1 Å². The number of likely N-dealkylation sites (tertiary alicyclic amines) is 1. The Bertz CT molecular complexity index is 1250. The number of benzene rings is 2. The Hall–Kier alpha value is -3.58. The van der Waals surface area contributed by atoms with E-state index < -0.39 is 0 Å². The van der Waals surface area contributed by atoms with Crippen LogP contribution in [0.1, 0.15) is 51.9 Å². The zero-order valence-corrected chi connectivity index (χ0v) is 21.1. The lowest BCUT2D eigenvalue weighted by Gasteiger charge is -2.39. The van der Waals surface area contributed by atoms with Crippen LogP contribution in [0.25, 0.3) is 0 Å². The highest BCUT2D eigenvalue weighted by Gasteiger charge is 2.33. The molecule has 1 amide bonds. The van der Waals surface area contributed by atoms with Gasteiger partial charge in [0.1, 0.15) is 18.1 Å². The van der Waals surface area contributed by atoms with Crippen molar-refractivity contribution < 1.29 is 23.7 Å². The Labute approximate surface area is 217 Å². The monoisotopic (exact) mass is 500 g/mol. The average molecular weight is 501 g/mol. The molecule has 1 aliphatic carbocycles. The molecular weight excluding hydrogens is 468 g/mol. The summed E-state index contributed by atoms with van der Waals surface area (Å²) in [5.41, 5.74) is 4.11. The number of amides is 1. The van der Waals surface area contributed by atoms with Crippen molar-refractivity contribution in [3.63, 3.8) is 0 Å². The van der Waals surface area contributed by atoms with Gasteiger partial charge in [-0.15, -0.1) is 0 Å². The molecule has 0 bridgehead atoms. The van der Waals surface area contributed by atoms with Gasteiger partial charge in [-0.2, -0.15) is 0 Å². The summed E-state index contributed by atoms with van der Waals surface area (Å²) in [5, 5.41) is 0. The maximum atomic E-state index is 13.0. The third kappa shape index (κ3) is 5.42. The normalized spacial score (nSPS) is 17.6. The van der Waals surface area contributed by atoms with Crippen LogP contribution in [0.4, 0.5) is 0 Å². The zero-order chi connectivity index (χ0) is 25.2. The smallest absolute Gasteiger partial charge is 0.272 e. The number of hydrogen-bond donors (Lipinski definition) is 0. The van der Waals surface area contributed by atoms with Crippen molar-refractivity contribution in [3.05, 3.63) is 83.2 Å². The number of nitrogens with zero attached hydrogens (tertiary/aromatic N) is 2. The molecule has 0 atom stereocenters. The standard InChI is InChI=1S/C30H32N2O5/c1-34-29-12-24(8-9-28(29)37-18-20-2-4-22(5-3-20)23-6-7-23)25-14-32(15-25)30(33)27-13-26(10-11-31-27)36-19-21-16-35-17-21/h2-5,8-13,21,23,25H,6-7,14-19H2,1H3. The van der Waals surface area contributed by atoms with Gasteiger partial charge >= 0.3 is 0 Å². The molecule has 0 radical (unpaired) electrons. The van der Waals surface area contributed by atoms with E-state index in [4.69, 9.17) is 18.9 Å². The molecule has 0 spiro atoms. The minimum absolute atomic E-state index is 0.0756. The second-order valence-electron chi connectivity index (χ2n) is 10.2. The molecule has 2 aromatic carbocycles. The van der Waals surface area contributed by atoms with Crippen molar-refractivity contribution in [2.75, 3.05) is 40.0 Å². The van der Waals surface area contributed by atoms with Crippen LogP contribution >= 0.6 is 0 Å². The molecule has 2 saturated heterocycles. The van der Waals surface area contributed by atoms with Crippen molar-refractivity contribution >= 4 is 5.91 Å². The fraction of sp³-hybridized carbons (Fsp3) is 0.400. The predicted octanol–water partition coefficient (Wildman–Crippen LogP) is 4.81. The van der Waals surface area contributed by atoms with E-state index in [-0.39, 0.29) is 11.8 Å². The van der Waals surface area contributed by atoms with E-state index in [1.165, 1.54) is 18.4 Å². The van der Waals surface area contributed by atoms with Gasteiger partial charge < -0.3 is 23.8 Å². The highest BCUT2D eigenvalue weighted by atomic mass is 16.5. The van der Waals surface area contributed by atoms with Gasteiger partial charge in [-0.3, -0.25) is 9.78 Å². The number of rotatable bonds is 10. The summed E-state index contributed by atoms with van der Waals surface area (Å²) in [4.78, 5) is 19.1. The lowest BCUT2D eigenvalue weighted by molar-refractivity contribution is -0.0508. The molecule has 1 aromatic heterocycles. The fourth-order valence-electron chi connectivity index (χ4n) is 4.75. The molecule has 0 unspecified atom stereocenters. The Morgan fingerprint density at radius 2 is 1.73 bits per heavy atom. The molecule has 7 nitrogen and oxygen atoms in total. The summed E-state index contributed by atoms with van der Waals surface area (Å²) in [6, 6.07) is 18.3. The first-order valence-corrected chi connectivity index (χ1v) is 13.0. The average Bonchev–Trinajstić information content (AvgIpc) is 3.72. The summed E-state index contributed by atoms with van der Waals surface area (Å²) >= 11 is 0. The molecule has 1 saturated carbocycles. The second kappa shape index (κ2) is 10.4. The van der Waals surface area contributed by atoms with Gasteiger partial charge in [-0.1, -0.05) is 30.3 Å². The molecule has 3 heterocycles. The van der Waals surface area contributed by atoms with Crippen LogP contribution in [0.2, 0.25) is 0 Å². The minimum Gasteiger partial charge on any atom is -0.493 e. The number of pyridine rings is 1. The maximum absolute atomic E-state index is 13.0. The van der Waals surface area contributed by atoms with Crippen molar-refractivity contribution in [3.8, 4) is 17.2 Å². The number of aromatic nitrogens is 1. The maximum Gasteiger partial charge on any atom is 0.272 e. The summed E-state index contributed by atoms with van der Waals surface area (Å²) in [7, 11) is 1.66. The summed E-state index contributed by atoms with van der Waals surface area (Å²) in [5.74, 6) is 3.46. The SMILES string of the molecule is COc1cc(C2CN(C(=O)c3cc(OCC4COC4)ccn3)C2)ccc1OCc1ccc(C2CC2)cc1. The first-order chi connectivity index (χ1) is 18.2. The van der Waals surface area contributed by atoms with Crippen molar-refractivity contribution in [2.45, 2.75) is 31.3 Å². The number of carbonyl (C=O) groups is 1. The molecule has 3 aliphatic rings. The van der Waals surface area contributed by atoms with Crippen molar-refractivity contribution in [1.29, 1.82) is 0 Å². The van der Waals surface area contributed by atoms with E-state index in [1.54, 1.807) is 25.4 Å². The molecule has 0 N–H and O–H groups in total. The van der Waals surface area contributed by atoms with Gasteiger partial charge in [-0.05, 0) is 53.6 Å². The number of ether oxygens (including phenoxy) is 4. The molecule has 192 valence electrons. The van der Waals surface area contributed by atoms with E-state index in [2.05, 4.69) is 35.3 Å². The Morgan fingerprint density at radius 1 is 0.946 bits per heavy atom. The van der Waals surface area contributed by atoms with E-state index >= 15 is 0 Å². The van der Waals surface area contributed by atoms with Crippen LogP contribution < -0.4 is 14.2 Å². The van der Waals surface area contributed by atoms with Gasteiger partial charge in [0.25, 0.3) is 5.91 Å². The highest BCUT2D eigenvalue weighted by Crippen LogP contribution is 2.40. The number of methoxy groups -OCH3 is 1. The van der Waals surface area contributed by atoms with Gasteiger partial charge in [0.05, 0.1) is 26.9 Å². The van der Waals surface area contributed by atoms with Gasteiger partial charge in [0.2, 0.25) is 0 Å². The second-order valence-corrected chi connectivity index (χ2v) is 10.2. The molecule has 6 rings (SSSR count). The van der Waals surface area contributed by atoms with Crippen molar-refractivity contribution in [2.24, 2.45) is 5.92 Å². The van der Waals surface area contributed by atoms with Crippen LogP contribution in [0.3, 0.4) is 0 Å². The predicted molar refractivity (Wildman–Crippen MR) is 138 cm³/mol. The lowest BCUT2D eigenvalue weighted by Crippen LogP contribution is -2.48. The van der Waals surface area contributed by atoms with E-state index in [9.17, 15) is 4.79 Å². The van der Waals surface area contributed by atoms with E-state index in [0.717, 1.165) is 36.0 Å². The number of hydrogen-bond acceptors (Lipinski definition) is 6. The Balaban J connectivity index is 1.03. The molecular formula is C30H32N2O5. The fourth-order valence-corrected chi connectivity index (χ4v) is 4.75. The summed E-state index contributed by atoms with van der Waals surface area (Å²) in [6.45, 7) is 3.84. The van der Waals surface area contributed by atoms with Crippen LogP contribution in [0.5, 0.6) is 17.2 Å². The molecule has 3 aromatic rings. The molecule has 7 heteroatoms. The van der Waals surface area contributed by atoms with Gasteiger partial charge in [0.15, 0.2) is 11.5 Å². The van der Waals surface area contributed by atoms with Crippen LogP contribution in [0.15, 0.2) is 60.8 Å². The van der Waals surface area contributed by atoms with Crippen LogP contribution in [-0.2, 0) is 11.3 Å². The minimum atomic E-state index is -0.0756. The van der Waals surface area contributed by atoms with Crippen LogP contribution in [0, 0.1) is 5.92 Å². The largest absolute Gasteiger partial charge is 0.493 e. The molecule has 3 fully saturated rings. The number of carbonyl (C=O) groups excluding carboxylic acids is 1. The zero-order valence-electron chi connectivity index (χ0n) is 21.1. The Kier molecular flexibility index (Phi) is 6.70. The van der Waals surface area contributed by atoms with Crippen molar-refractivity contribution in [1.82, 2.24) is 9.88 Å². The Morgan fingerprint density at radius 3 is 2.43 bits per heavy atom. The molecule has 37 heavy (non-hydrogen) atoms.